The van der Waals surface area contributed by atoms with Crippen molar-refractivity contribution >= 4 is 22.6 Å². The largest absolute Gasteiger partial charge is 0.362 e. The number of oxime groups is 1. The summed E-state index contributed by atoms with van der Waals surface area (Å²) in [5.74, 6) is 1.20. The van der Waals surface area contributed by atoms with Gasteiger partial charge in [0.1, 0.15) is 5.76 Å². The molecule has 1 N–H and O–H groups in total. The first-order valence-corrected chi connectivity index (χ1v) is 10.3. The second-order valence-electron chi connectivity index (χ2n) is 7.78. The lowest BCUT2D eigenvalue weighted by Crippen LogP contribution is -2.03. The number of aryl methyl sites for hydroxylation is 1. The minimum Gasteiger partial charge on any atom is -0.362 e. The van der Waals surface area contributed by atoms with Crippen LogP contribution in [0.2, 0.25) is 0 Å². The number of nitrogens with one attached hydrogen (secondary N) is 1. The predicted octanol–water partition coefficient (Wildman–Crippen LogP) is 5.65. The lowest BCUT2D eigenvalue weighted by Gasteiger charge is -2.14. The molecule has 0 atom stereocenters. The van der Waals surface area contributed by atoms with Crippen molar-refractivity contribution in [2.75, 3.05) is 5.32 Å². The SMILES string of the molecule is C=C(O/N=C(\C)c1ccc(C)c(N/C(=C\C)c2cnn3ccc(C#N)cc23)c1)C1CC1. The Morgan fingerprint density at radius 1 is 1.35 bits per heavy atom. The summed E-state index contributed by atoms with van der Waals surface area (Å²) < 4.78 is 1.77. The Morgan fingerprint density at radius 3 is 2.87 bits per heavy atom. The molecular formula is C25H25N5O. The van der Waals surface area contributed by atoms with Crippen molar-refractivity contribution in [2.45, 2.75) is 33.6 Å². The smallest absolute Gasteiger partial charge is 0.131 e. The van der Waals surface area contributed by atoms with Gasteiger partial charge in [-0.05, 0) is 57.4 Å². The third-order valence-electron chi connectivity index (χ3n) is 5.49. The van der Waals surface area contributed by atoms with Crippen LogP contribution in [0.5, 0.6) is 0 Å². The van der Waals surface area contributed by atoms with E-state index in [1.54, 1.807) is 16.8 Å². The summed E-state index contributed by atoms with van der Waals surface area (Å²) in [5.41, 5.74) is 7.16. The lowest BCUT2D eigenvalue weighted by molar-refractivity contribution is 0.212. The van der Waals surface area contributed by atoms with Crippen molar-refractivity contribution in [2.24, 2.45) is 11.1 Å². The summed E-state index contributed by atoms with van der Waals surface area (Å²) in [5, 5.41) is 21.5. The van der Waals surface area contributed by atoms with Crippen LogP contribution >= 0.6 is 0 Å². The number of allylic oxidation sites excluding steroid dienone is 2. The maximum absolute atomic E-state index is 9.25. The molecule has 0 aliphatic heterocycles. The van der Waals surface area contributed by atoms with Crippen LogP contribution in [0.1, 0.15) is 48.9 Å². The molecule has 2 heterocycles. The standard InChI is InChI=1S/C25H25N5O/c1-5-23(22-15-27-30-11-10-19(14-26)12-25(22)30)28-24-13-21(7-6-16(24)2)17(3)29-31-18(4)20-8-9-20/h5-7,10-13,15,20,28H,4,8-9H2,1-3H3/b23-5-,29-17+. The van der Waals surface area contributed by atoms with E-state index in [9.17, 15) is 5.26 Å². The molecule has 0 spiro atoms. The Morgan fingerprint density at radius 2 is 2.16 bits per heavy atom. The van der Waals surface area contributed by atoms with Gasteiger partial charge in [-0.15, -0.1) is 0 Å². The number of fused-ring (bicyclic) bond motifs is 1. The van der Waals surface area contributed by atoms with Gasteiger partial charge in [-0.25, -0.2) is 4.52 Å². The van der Waals surface area contributed by atoms with E-state index in [2.05, 4.69) is 47.3 Å². The Bertz CT molecular complexity index is 1250. The summed E-state index contributed by atoms with van der Waals surface area (Å²) in [6, 6.07) is 11.9. The van der Waals surface area contributed by atoms with Crippen LogP contribution in [0, 0.1) is 24.2 Å². The number of hydrogen-bond acceptors (Lipinski definition) is 5. The van der Waals surface area contributed by atoms with Crippen LogP contribution in [0.3, 0.4) is 0 Å². The molecular weight excluding hydrogens is 386 g/mol. The normalized spacial score (nSPS) is 14.4. The fourth-order valence-electron chi connectivity index (χ4n) is 3.34. The van der Waals surface area contributed by atoms with Gasteiger partial charge in [-0.3, -0.25) is 0 Å². The molecule has 31 heavy (non-hydrogen) atoms. The number of aromatic nitrogens is 2. The molecule has 4 rings (SSSR count). The molecule has 1 aliphatic carbocycles. The Hall–Kier alpha value is -3.85. The highest BCUT2D eigenvalue weighted by Crippen LogP contribution is 2.36. The number of rotatable bonds is 7. The highest BCUT2D eigenvalue weighted by molar-refractivity contribution is 5.99. The highest BCUT2D eigenvalue weighted by atomic mass is 16.6. The van der Waals surface area contributed by atoms with Gasteiger partial charge in [0.2, 0.25) is 0 Å². The molecule has 0 saturated heterocycles. The Labute approximate surface area is 182 Å². The number of hydrogen-bond donors (Lipinski definition) is 1. The fourth-order valence-corrected chi connectivity index (χ4v) is 3.34. The number of benzene rings is 1. The van der Waals surface area contributed by atoms with Crippen molar-refractivity contribution in [3.05, 3.63) is 83.4 Å². The van der Waals surface area contributed by atoms with Crippen molar-refractivity contribution in [3.8, 4) is 6.07 Å². The van der Waals surface area contributed by atoms with Gasteiger partial charge in [-0.1, -0.05) is 29.9 Å². The van der Waals surface area contributed by atoms with Crippen molar-refractivity contribution in [1.82, 2.24) is 9.61 Å². The van der Waals surface area contributed by atoms with Crippen LogP contribution in [-0.4, -0.2) is 15.3 Å². The third-order valence-corrected chi connectivity index (χ3v) is 5.49. The number of anilines is 1. The molecule has 0 amide bonds. The van der Waals surface area contributed by atoms with Crippen molar-refractivity contribution in [3.63, 3.8) is 0 Å². The van der Waals surface area contributed by atoms with Crippen LogP contribution < -0.4 is 5.32 Å². The fraction of sp³-hybridized carbons (Fsp3) is 0.240. The van der Waals surface area contributed by atoms with E-state index < -0.39 is 0 Å². The maximum Gasteiger partial charge on any atom is 0.131 e. The summed E-state index contributed by atoms with van der Waals surface area (Å²) >= 11 is 0. The maximum atomic E-state index is 9.25. The van der Waals surface area contributed by atoms with Crippen molar-refractivity contribution < 1.29 is 4.84 Å². The summed E-state index contributed by atoms with van der Waals surface area (Å²) in [6.07, 6.45) is 7.88. The van der Waals surface area contributed by atoms with E-state index in [1.807, 2.05) is 38.3 Å². The van der Waals surface area contributed by atoms with Gasteiger partial charge in [0.15, 0.2) is 0 Å². The summed E-state index contributed by atoms with van der Waals surface area (Å²) in [4.78, 5) is 5.51. The van der Waals surface area contributed by atoms with Gasteiger partial charge in [0.25, 0.3) is 0 Å². The van der Waals surface area contributed by atoms with E-state index in [0.29, 0.717) is 11.5 Å². The molecule has 6 nitrogen and oxygen atoms in total. The van der Waals surface area contributed by atoms with E-state index in [4.69, 9.17) is 4.84 Å². The van der Waals surface area contributed by atoms with E-state index in [0.717, 1.165) is 57.9 Å². The summed E-state index contributed by atoms with van der Waals surface area (Å²) in [7, 11) is 0. The molecule has 1 aromatic carbocycles. The molecule has 156 valence electrons. The third kappa shape index (κ3) is 4.36. The zero-order valence-corrected chi connectivity index (χ0v) is 18.0. The van der Waals surface area contributed by atoms with Crippen LogP contribution in [0.4, 0.5) is 5.69 Å². The van der Waals surface area contributed by atoms with E-state index >= 15 is 0 Å². The van der Waals surface area contributed by atoms with E-state index in [1.165, 1.54) is 0 Å². The Kier molecular flexibility index (Phi) is 5.59. The molecule has 3 aromatic rings. The summed E-state index contributed by atoms with van der Waals surface area (Å²) in [6.45, 7) is 9.92. The first kappa shape index (κ1) is 20.4. The highest BCUT2D eigenvalue weighted by Gasteiger charge is 2.26. The zero-order chi connectivity index (χ0) is 22.0. The lowest BCUT2D eigenvalue weighted by atomic mass is 10.1. The number of pyridine rings is 1. The van der Waals surface area contributed by atoms with Crippen LogP contribution in [0.15, 0.2) is 66.3 Å². The van der Waals surface area contributed by atoms with E-state index in [-0.39, 0.29) is 0 Å². The van der Waals surface area contributed by atoms with Gasteiger partial charge in [0.05, 0.1) is 29.1 Å². The molecule has 0 bridgehead atoms. The van der Waals surface area contributed by atoms with Crippen LogP contribution in [0.25, 0.3) is 11.2 Å². The topological polar surface area (TPSA) is 74.7 Å². The van der Waals surface area contributed by atoms with Gasteiger partial charge < -0.3 is 10.2 Å². The average molecular weight is 412 g/mol. The molecule has 1 fully saturated rings. The molecule has 6 heteroatoms. The Balaban J connectivity index is 1.61. The molecule has 2 aromatic heterocycles. The minimum absolute atomic E-state index is 0.455. The molecule has 1 saturated carbocycles. The number of nitriles is 1. The first-order chi connectivity index (χ1) is 15.0. The van der Waals surface area contributed by atoms with Gasteiger partial charge in [-0.2, -0.15) is 10.4 Å². The molecule has 0 radical (unpaired) electrons. The first-order valence-electron chi connectivity index (χ1n) is 10.3. The second kappa shape index (κ2) is 8.49. The van der Waals surface area contributed by atoms with Gasteiger partial charge >= 0.3 is 0 Å². The van der Waals surface area contributed by atoms with Crippen LogP contribution in [-0.2, 0) is 4.84 Å². The monoisotopic (exact) mass is 411 g/mol. The zero-order valence-electron chi connectivity index (χ0n) is 18.0. The predicted molar refractivity (Wildman–Crippen MR) is 124 cm³/mol. The molecule has 1 aliphatic rings. The minimum atomic E-state index is 0.455. The number of nitrogens with zero attached hydrogens (tertiary/aromatic N) is 4. The average Bonchev–Trinajstić information content (AvgIpc) is 3.56. The van der Waals surface area contributed by atoms with Crippen molar-refractivity contribution in [1.29, 1.82) is 5.26 Å². The van der Waals surface area contributed by atoms with Gasteiger partial charge in [0, 0.05) is 34.6 Å². The quantitative estimate of drug-likeness (QED) is 0.310. The molecule has 0 unspecified atom stereocenters. The second-order valence-corrected chi connectivity index (χ2v) is 7.78.